The van der Waals surface area contributed by atoms with E-state index in [-0.39, 0.29) is 0 Å². The molecule has 1 N–H and O–H groups in total. The van der Waals surface area contributed by atoms with Crippen molar-refractivity contribution in [3.05, 3.63) is 179 Å². The maximum atomic E-state index is 12.1. The number of hydrogen-bond donors (Lipinski definition) is 1. The average molecular weight is 616 g/mol. The fraction of sp³-hybridized carbons (Fsp3) is 0.103. The van der Waals surface area contributed by atoms with Crippen LogP contribution in [0.3, 0.4) is 0 Å². The Labute approximate surface area is 273 Å². The lowest BCUT2D eigenvalue weighted by molar-refractivity contribution is -0.104. The molecule has 3 heterocycles. The van der Waals surface area contributed by atoms with E-state index in [0.717, 1.165) is 39.7 Å². The Kier molecular flexibility index (Phi) is 7.98. The second kappa shape index (κ2) is 12.7. The summed E-state index contributed by atoms with van der Waals surface area (Å²) in [5.74, 6) is 0.614. The SMILES string of the molecule is CNc1cc(/C(=C/C=O)c2cnn(Cc3cccc(C)c3)c2)c2nnn(C(c3ccccc3)(c3ccccc3)c3ccccc3)c2n1. The van der Waals surface area contributed by atoms with Crippen LogP contribution >= 0.6 is 0 Å². The van der Waals surface area contributed by atoms with Gasteiger partial charge in [-0.3, -0.25) is 9.48 Å². The molecule has 0 aliphatic rings. The molecule has 0 aliphatic heterocycles. The van der Waals surface area contributed by atoms with Crippen molar-refractivity contribution >= 4 is 28.8 Å². The Balaban J connectivity index is 1.46. The quantitative estimate of drug-likeness (QED) is 0.102. The van der Waals surface area contributed by atoms with Gasteiger partial charge in [0.05, 0.1) is 12.7 Å². The molecule has 0 bridgehead atoms. The molecule has 8 nitrogen and oxygen atoms in total. The molecule has 7 aromatic rings. The van der Waals surface area contributed by atoms with Crippen molar-refractivity contribution in [2.75, 3.05) is 12.4 Å². The number of rotatable bonds is 10. The number of nitrogens with one attached hydrogen (secondary N) is 1. The number of carbonyl (C=O) groups is 1. The van der Waals surface area contributed by atoms with Crippen LogP contribution in [0.2, 0.25) is 0 Å². The number of carbonyl (C=O) groups excluding carboxylic acids is 1. The predicted molar refractivity (Wildman–Crippen MR) is 185 cm³/mol. The lowest BCUT2D eigenvalue weighted by Crippen LogP contribution is -2.38. The van der Waals surface area contributed by atoms with Crippen molar-refractivity contribution in [3.8, 4) is 0 Å². The molecule has 0 fully saturated rings. The van der Waals surface area contributed by atoms with Crippen molar-refractivity contribution in [2.24, 2.45) is 0 Å². The number of anilines is 1. The van der Waals surface area contributed by atoms with Crippen LogP contribution in [-0.2, 0) is 16.9 Å². The summed E-state index contributed by atoms with van der Waals surface area (Å²) in [6.07, 6.45) is 6.09. The van der Waals surface area contributed by atoms with Crippen LogP contribution in [0.5, 0.6) is 0 Å². The standard InChI is InChI=1S/C39H33N7O/c1-28-13-12-14-29(23-28)26-45-27-30(25-41-45)34(21-22-47)35-24-36(40-2)42-38-37(35)43-44-46(38)39(31-15-6-3-7-16-31,32-17-8-4-9-18-32)33-19-10-5-11-20-33/h3-25,27H,26H2,1-2H3,(H,40,42)/b34-21+. The summed E-state index contributed by atoms with van der Waals surface area (Å²) in [6, 6.07) is 41.1. The third kappa shape index (κ3) is 5.40. The Morgan fingerprint density at radius 1 is 0.830 bits per heavy atom. The highest BCUT2D eigenvalue weighted by Gasteiger charge is 2.41. The Morgan fingerprint density at radius 3 is 2.04 bits per heavy atom. The molecule has 0 radical (unpaired) electrons. The maximum Gasteiger partial charge on any atom is 0.182 e. The number of hydrogen-bond acceptors (Lipinski definition) is 6. The molecule has 0 saturated carbocycles. The van der Waals surface area contributed by atoms with E-state index in [2.05, 4.69) is 71.9 Å². The van der Waals surface area contributed by atoms with Crippen LogP contribution in [-0.4, -0.2) is 43.1 Å². The van der Waals surface area contributed by atoms with Gasteiger partial charge in [-0.05, 0) is 46.9 Å². The van der Waals surface area contributed by atoms with E-state index < -0.39 is 5.54 Å². The van der Waals surface area contributed by atoms with E-state index in [1.807, 2.05) is 89.3 Å². The summed E-state index contributed by atoms with van der Waals surface area (Å²) in [6.45, 7) is 2.68. The van der Waals surface area contributed by atoms with E-state index in [0.29, 0.717) is 29.1 Å². The number of benzene rings is 4. The van der Waals surface area contributed by atoms with Crippen molar-refractivity contribution < 1.29 is 4.79 Å². The summed E-state index contributed by atoms with van der Waals surface area (Å²) in [7, 11) is 1.83. The minimum Gasteiger partial charge on any atom is -0.373 e. The summed E-state index contributed by atoms with van der Waals surface area (Å²) < 4.78 is 3.79. The fourth-order valence-corrected chi connectivity index (χ4v) is 6.36. The lowest BCUT2D eigenvalue weighted by atomic mass is 9.77. The highest BCUT2D eigenvalue weighted by molar-refractivity contribution is 5.98. The number of nitrogens with zero attached hydrogens (tertiary/aromatic N) is 6. The molecule has 8 heteroatoms. The largest absolute Gasteiger partial charge is 0.373 e. The number of aldehydes is 1. The number of aromatic nitrogens is 6. The van der Waals surface area contributed by atoms with E-state index in [4.69, 9.17) is 15.3 Å². The van der Waals surface area contributed by atoms with Gasteiger partial charge in [0.1, 0.15) is 23.2 Å². The maximum absolute atomic E-state index is 12.1. The highest BCUT2D eigenvalue weighted by Crippen LogP contribution is 2.42. The Bertz CT molecular complexity index is 2090. The summed E-state index contributed by atoms with van der Waals surface area (Å²) in [5, 5.41) is 17.5. The third-order valence-electron chi connectivity index (χ3n) is 8.45. The van der Waals surface area contributed by atoms with Crippen LogP contribution in [0.25, 0.3) is 16.7 Å². The molecule has 0 saturated heterocycles. The van der Waals surface area contributed by atoms with Crippen LogP contribution in [0.4, 0.5) is 5.82 Å². The number of allylic oxidation sites excluding steroid dienone is 1. The lowest BCUT2D eigenvalue weighted by Gasteiger charge is -2.36. The van der Waals surface area contributed by atoms with E-state index in [1.54, 1.807) is 12.3 Å². The molecule has 3 aromatic heterocycles. The molecule has 230 valence electrons. The monoisotopic (exact) mass is 615 g/mol. The topological polar surface area (TPSA) is 90.5 Å². The Hall–Kier alpha value is -6.15. The third-order valence-corrected chi connectivity index (χ3v) is 8.45. The van der Waals surface area contributed by atoms with Crippen LogP contribution < -0.4 is 5.32 Å². The average Bonchev–Trinajstić information content (AvgIpc) is 3.76. The smallest absolute Gasteiger partial charge is 0.182 e. The molecule has 0 unspecified atom stereocenters. The molecule has 0 amide bonds. The van der Waals surface area contributed by atoms with Crippen molar-refractivity contribution in [2.45, 2.75) is 19.0 Å². The summed E-state index contributed by atoms with van der Waals surface area (Å²) >= 11 is 0. The summed E-state index contributed by atoms with van der Waals surface area (Å²) in [5.41, 5.74) is 7.74. The van der Waals surface area contributed by atoms with Gasteiger partial charge in [-0.15, -0.1) is 5.10 Å². The minimum absolute atomic E-state index is 0.562. The highest BCUT2D eigenvalue weighted by atomic mass is 16.1. The van der Waals surface area contributed by atoms with Gasteiger partial charge in [-0.1, -0.05) is 126 Å². The Morgan fingerprint density at radius 2 is 1.47 bits per heavy atom. The summed E-state index contributed by atoms with van der Waals surface area (Å²) in [4.78, 5) is 17.2. The minimum atomic E-state index is -0.914. The number of fused-ring (bicyclic) bond motifs is 1. The second-order valence-electron chi connectivity index (χ2n) is 11.4. The zero-order chi connectivity index (χ0) is 32.2. The molecular formula is C39H33N7O. The van der Waals surface area contributed by atoms with Gasteiger partial charge >= 0.3 is 0 Å². The normalized spacial score (nSPS) is 11.9. The van der Waals surface area contributed by atoms with E-state index in [1.165, 1.54) is 5.56 Å². The first-order valence-corrected chi connectivity index (χ1v) is 15.5. The van der Waals surface area contributed by atoms with Crippen molar-refractivity contribution in [1.29, 1.82) is 0 Å². The molecule has 4 aromatic carbocycles. The second-order valence-corrected chi connectivity index (χ2v) is 11.4. The van der Waals surface area contributed by atoms with Crippen molar-refractivity contribution in [3.63, 3.8) is 0 Å². The molecule has 7 rings (SSSR count). The fourth-order valence-electron chi connectivity index (χ4n) is 6.36. The van der Waals surface area contributed by atoms with Gasteiger partial charge in [-0.25, -0.2) is 9.67 Å². The van der Waals surface area contributed by atoms with Gasteiger partial charge in [0.2, 0.25) is 0 Å². The first-order chi connectivity index (χ1) is 23.1. The van der Waals surface area contributed by atoms with Crippen LogP contribution in [0.1, 0.15) is 38.9 Å². The van der Waals surface area contributed by atoms with Gasteiger partial charge < -0.3 is 5.32 Å². The first-order valence-electron chi connectivity index (χ1n) is 15.5. The molecular weight excluding hydrogens is 582 g/mol. The van der Waals surface area contributed by atoms with E-state index >= 15 is 0 Å². The number of aryl methyl sites for hydroxylation is 1. The first kappa shape index (κ1) is 29.6. The predicted octanol–water partition coefficient (Wildman–Crippen LogP) is 6.89. The molecule has 47 heavy (non-hydrogen) atoms. The van der Waals surface area contributed by atoms with Gasteiger partial charge in [0, 0.05) is 24.4 Å². The van der Waals surface area contributed by atoms with Crippen molar-refractivity contribution in [1.82, 2.24) is 29.8 Å². The van der Waals surface area contributed by atoms with Crippen LogP contribution in [0, 0.1) is 6.92 Å². The zero-order valence-electron chi connectivity index (χ0n) is 26.2. The molecule has 0 atom stereocenters. The zero-order valence-corrected chi connectivity index (χ0v) is 26.2. The van der Waals surface area contributed by atoms with Gasteiger partial charge in [0.25, 0.3) is 0 Å². The van der Waals surface area contributed by atoms with Gasteiger partial charge in [0.15, 0.2) is 5.65 Å². The van der Waals surface area contributed by atoms with E-state index in [9.17, 15) is 4.79 Å². The van der Waals surface area contributed by atoms with Crippen LogP contribution in [0.15, 0.2) is 140 Å². The molecule has 0 spiro atoms. The van der Waals surface area contributed by atoms with Gasteiger partial charge in [-0.2, -0.15) is 5.10 Å². The number of pyridine rings is 1. The molecule has 0 aliphatic carbocycles.